The summed E-state index contributed by atoms with van der Waals surface area (Å²) < 4.78 is 1.85. The Balaban J connectivity index is 1.15. The number of nitrogens with zero attached hydrogens (tertiary/aromatic N) is 5. The number of hydrogen-bond acceptors (Lipinski definition) is 6. The van der Waals surface area contributed by atoms with E-state index in [0.29, 0.717) is 0 Å². The third kappa shape index (κ3) is 5.01. The quantitative estimate of drug-likeness (QED) is 0.467. The first-order chi connectivity index (χ1) is 16.2. The van der Waals surface area contributed by atoms with Crippen molar-refractivity contribution in [2.24, 2.45) is 5.92 Å². The number of imidazole rings is 1. The Morgan fingerprint density at radius 1 is 0.879 bits per heavy atom. The molecule has 1 fully saturated rings. The summed E-state index contributed by atoms with van der Waals surface area (Å²) in [5, 5.41) is 6.41. The highest BCUT2D eigenvalue weighted by Gasteiger charge is 2.26. The van der Waals surface area contributed by atoms with Crippen molar-refractivity contribution in [3.8, 4) is 5.82 Å². The molecule has 3 heterocycles. The van der Waals surface area contributed by atoms with Crippen LogP contribution in [0.25, 0.3) is 5.82 Å². The van der Waals surface area contributed by atoms with Gasteiger partial charge in [-0.25, -0.2) is 15.0 Å². The zero-order valence-electron chi connectivity index (χ0n) is 18.1. The van der Waals surface area contributed by atoms with Crippen molar-refractivity contribution in [2.75, 3.05) is 28.6 Å². The molecule has 0 unspecified atom stereocenters. The Kier molecular flexibility index (Phi) is 5.97. The molecule has 0 radical (unpaired) electrons. The van der Waals surface area contributed by atoms with Gasteiger partial charge in [-0.3, -0.25) is 9.36 Å². The lowest BCUT2D eigenvalue weighted by Crippen LogP contribution is -2.38. The molecular formula is C25H25N7O. The number of hydrogen-bond donors (Lipinski definition) is 2. The van der Waals surface area contributed by atoms with Gasteiger partial charge in [0, 0.05) is 54.5 Å². The molecule has 0 saturated carbocycles. The van der Waals surface area contributed by atoms with E-state index in [9.17, 15) is 4.79 Å². The van der Waals surface area contributed by atoms with Crippen LogP contribution in [0.4, 0.5) is 22.9 Å². The van der Waals surface area contributed by atoms with E-state index in [1.54, 1.807) is 18.9 Å². The predicted octanol–water partition coefficient (Wildman–Crippen LogP) is 4.26. The number of carbonyl (C=O) groups is 1. The predicted molar refractivity (Wildman–Crippen MR) is 129 cm³/mol. The van der Waals surface area contributed by atoms with E-state index < -0.39 is 0 Å². The lowest BCUT2D eigenvalue weighted by atomic mass is 9.96. The molecule has 2 N–H and O–H groups in total. The molecule has 166 valence electrons. The average Bonchev–Trinajstić information content (AvgIpc) is 3.41. The lowest BCUT2D eigenvalue weighted by molar-refractivity contribution is -0.120. The molecule has 5 rings (SSSR count). The summed E-state index contributed by atoms with van der Waals surface area (Å²) in [7, 11) is 0. The van der Waals surface area contributed by atoms with E-state index in [1.165, 1.54) is 0 Å². The van der Waals surface area contributed by atoms with Gasteiger partial charge in [0.1, 0.15) is 24.3 Å². The van der Waals surface area contributed by atoms with Gasteiger partial charge in [-0.1, -0.05) is 18.2 Å². The Bertz CT molecular complexity index is 1190. The van der Waals surface area contributed by atoms with Gasteiger partial charge >= 0.3 is 0 Å². The monoisotopic (exact) mass is 439 g/mol. The molecule has 8 heteroatoms. The van der Waals surface area contributed by atoms with Crippen LogP contribution in [0.3, 0.4) is 0 Å². The van der Waals surface area contributed by atoms with Crippen molar-refractivity contribution in [3.05, 3.63) is 85.7 Å². The van der Waals surface area contributed by atoms with Crippen LogP contribution in [0.2, 0.25) is 0 Å². The number of anilines is 4. The first-order valence-electron chi connectivity index (χ1n) is 11.0. The van der Waals surface area contributed by atoms with E-state index >= 15 is 0 Å². The molecule has 33 heavy (non-hydrogen) atoms. The summed E-state index contributed by atoms with van der Waals surface area (Å²) in [4.78, 5) is 27.8. The SMILES string of the molecule is O=C(Nc1ccc(Nc2ccccc2)cc1)C1CCN(c2cc(-n3ccnc3)ncn2)CC1. The molecule has 2 aromatic carbocycles. The largest absolute Gasteiger partial charge is 0.356 e. The lowest BCUT2D eigenvalue weighted by Gasteiger charge is -2.32. The van der Waals surface area contributed by atoms with Crippen molar-refractivity contribution in [1.82, 2.24) is 19.5 Å². The number of benzene rings is 2. The minimum absolute atomic E-state index is 0.0154. The first kappa shape index (κ1) is 20.7. The van der Waals surface area contributed by atoms with Gasteiger partial charge in [0.25, 0.3) is 0 Å². The van der Waals surface area contributed by atoms with Crippen LogP contribution in [-0.2, 0) is 4.79 Å². The Hall–Kier alpha value is -4.20. The smallest absolute Gasteiger partial charge is 0.227 e. The van der Waals surface area contributed by atoms with Crippen LogP contribution in [-0.4, -0.2) is 38.5 Å². The number of carbonyl (C=O) groups excluding carboxylic acids is 1. The van der Waals surface area contributed by atoms with E-state index in [0.717, 1.165) is 54.6 Å². The van der Waals surface area contributed by atoms with Gasteiger partial charge in [0.05, 0.1) is 0 Å². The second kappa shape index (κ2) is 9.52. The summed E-state index contributed by atoms with van der Waals surface area (Å²) in [6.45, 7) is 1.55. The number of amides is 1. The van der Waals surface area contributed by atoms with Crippen molar-refractivity contribution in [1.29, 1.82) is 0 Å². The van der Waals surface area contributed by atoms with Crippen molar-refractivity contribution in [2.45, 2.75) is 12.8 Å². The Morgan fingerprint density at radius 2 is 1.58 bits per heavy atom. The van der Waals surface area contributed by atoms with E-state index in [4.69, 9.17) is 0 Å². The van der Waals surface area contributed by atoms with Crippen LogP contribution in [0, 0.1) is 5.92 Å². The average molecular weight is 440 g/mol. The molecule has 0 spiro atoms. The van der Waals surface area contributed by atoms with Crippen LogP contribution in [0.1, 0.15) is 12.8 Å². The molecule has 1 amide bonds. The van der Waals surface area contributed by atoms with Crippen LogP contribution in [0.5, 0.6) is 0 Å². The van der Waals surface area contributed by atoms with Crippen molar-refractivity contribution in [3.63, 3.8) is 0 Å². The van der Waals surface area contributed by atoms with Gasteiger partial charge in [0.15, 0.2) is 0 Å². The Labute approximate surface area is 192 Å². The highest BCUT2D eigenvalue weighted by molar-refractivity contribution is 5.93. The topological polar surface area (TPSA) is 88.0 Å². The second-order valence-electron chi connectivity index (χ2n) is 8.02. The van der Waals surface area contributed by atoms with Crippen LogP contribution < -0.4 is 15.5 Å². The summed E-state index contributed by atoms with van der Waals surface area (Å²) in [5.74, 6) is 1.70. The normalized spacial score (nSPS) is 14.1. The van der Waals surface area contributed by atoms with Gasteiger partial charge in [-0.2, -0.15) is 0 Å². The maximum Gasteiger partial charge on any atom is 0.227 e. The fraction of sp³-hybridized carbons (Fsp3) is 0.200. The molecule has 0 aliphatic carbocycles. The molecule has 1 aliphatic heterocycles. The maximum absolute atomic E-state index is 12.8. The van der Waals surface area contributed by atoms with E-state index in [-0.39, 0.29) is 11.8 Å². The first-order valence-corrected chi connectivity index (χ1v) is 11.0. The van der Waals surface area contributed by atoms with Crippen molar-refractivity contribution >= 4 is 28.8 Å². The standard InChI is InChI=1S/C25H25N7O/c33-25(30-22-8-6-21(7-9-22)29-20-4-2-1-3-5-20)19-10-13-31(14-11-19)23-16-24(28-17-27-23)32-15-12-26-18-32/h1-9,12,15-19,29H,10-11,13-14H2,(H,30,33). The molecular weight excluding hydrogens is 414 g/mol. The van der Waals surface area contributed by atoms with Crippen molar-refractivity contribution < 1.29 is 4.79 Å². The second-order valence-corrected chi connectivity index (χ2v) is 8.02. The van der Waals surface area contributed by atoms with Gasteiger partial charge in [-0.15, -0.1) is 0 Å². The summed E-state index contributed by atoms with van der Waals surface area (Å²) in [5.41, 5.74) is 2.82. The zero-order chi connectivity index (χ0) is 22.5. The van der Waals surface area contributed by atoms with Gasteiger partial charge < -0.3 is 15.5 Å². The fourth-order valence-corrected chi connectivity index (χ4v) is 3.99. The number of piperidine rings is 1. The molecule has 8 nitrogen and oxygen atoms in total. The molecule has 4 aromatic rings. The summed E-state index contributed by atoms with van der Waals surface area (Å²) in [6.07, 6.45) is 8.42. The van der Waals surface area contributed by atoms with E-state index in [2.05, 4.69) is 30.5 Å². The highest BCUT2D eigenvalue weighted by atomic mass is 16.1. The maximum atomic E-state index is 12.8. The van der Waals surface area contributed by atoms with Crippen LogP contribution >= 0.6 is 0 Å². The molecule has 0 bridgehead atoms. The Morgan fingerprint density at radius 3 is 2.30 bits per heavy atom. The van der Waals surface area contributed by atoms with E-state index in [1.807, 2.05) is 71.4 Å². The number of aromatic nitrogens is 4. The number of nitrogens with one attached hydrogen (secondary N) is 2. The minimum Gasteiger partial charge on any atom is -0.356 e. The van der Waals surface area contributed by atoms with Gasteiger partial charge in [-0.05, 0) is 49.2 Å². The molecule has 1 aliphatic rings. The third-order valence-corrected chi connectivity index (χ3v) is 5.81. The zero-order valence-corrected chi connectivity index (χ0v) is 18.1. The number of para-hydroxylation sites is 1. The van der Waals surface area contributed by atoms with Crippen LogP contribution in [0.15, 0.2) is 85.7 Å². The molecule has 0 atom stereocenters. The fourth-order valence-electron chi connectivity index (χ4n) is 3.99. The highest BCUT2D eigenvalue weighted by Crippen LogP contribution is 2.25. The molecule has 1 saturated heterocycles. The summed E-state index contributed by atoms with van der Waals surface area (Å²) >= 11 is 0. The number of rotatable bonds is 6. The third-order valence-electron chi connectivity index (χ3n) is 5.81. The molecule has 2 aromatic heterocycles. The minimum atomic E-state index is -0.0154. The van der Waals surface area contributed by atoms with Gasteiger partial charge in [0.2, 0.25) is 5.91 Å². The summed E-state index contributed by atoms with van der Waals surface area (Å²) in [6, 6.07) is 19.7.